The molecule has 0 spiro atoms. The number of halogens is 1. The molecule has 0 amide bonds. The van der Waals surface area contributed by atoms with Gasteiger partial charge in [-0.1, -0.05) is 23.7 Å². The van der Waals surface area contributed by atoms with Gasteiger partial charge in [-0.15, -0.1) is 0 Å². The number of carbonyl (C=O) groups excluding carboxylic acids is 1. The maximum atomic E-state index is 12.0. The fourth-order valence-electron chi connectivity index (χ4n) is 2.84. The highest BCUT2D eigenvalue weighted by atomic mass is 35.5. The Morgan fingerprint density at radius 2 is 1.95 bits per heavy atom. The molecule has 0 bridgehead atoms. The Bertz CT molecular complexity index is 734. The Morgan fingerprint density at radius 1 is 1.14 bits per heavy atom. The number of fused-ring (bicyclic) bond motifs is 1. The fraction of sp³-hybridized carbons (Fsp3) is 0.316. The Morgan fingerprint density at radius 3 is 2.68 bits per heavy atom. The van der Waals surface area contributed by atoms with Crippen LogP contribution < -0.4 is 4.74 Å². The van der Waals surface area contributed by atoms with Gasteiger partial charge in [0, 0.05) is 5.02 Å². The summed E-state index contributed by atoms with van der Waals surface area (Å²) >= 11 is 6.24. The van der Waals surface area contributed by atoms with Gasteiger partial charge in [-0.25, -0.2) is 0 Å². The van der Waals surface area contributed by atoms with Crippen molar-refractivity contribution in [2.75, 3.05) is 6.61 Å². The van der Waals surface area contributed by atoms with E-state index >= 15 is 0 Å². The summed E-state index contributed by atoms with van der Waals surface area (Å²) in [5.41, 5.74) is 4.90. The minimum Gasteiger partial charge on any atom is -0.493 e. The van der Waals surface area contributed by atoms with Crippen LogP contribution >= 0.6 is 11.6 Å². The summed E-state index contributed by atoms with van der Waals surface area (Å²) in [6.07, 6.45) is 3.06. The van der Waals surface area contributed by atoms with E-state index in [2.05, 4.69) is 6.07 Å². The van der Waals surface area contributed by atoms with Crippen LogP contribution in [0.1, 0.15) is 41.3 Å². The zero-order valence-corrected chi connectivity index (χ0v) is 13.7. The normalized spacial score (nSPS) is 14.0. The molecule has 3 rings (SSSR count). The van der Waals surface area contributed by atoms with Crippen molar-refractivity contribution in [1.82, 2.24) is 0 Å². The van der Waals surface area contributed by atoms with E-state index in [1.807, 2.05) is 31.2 Å². The molecule has 1 aliphatic rings. The van der Waals surface area contributed by atoms with Crippen molar-refractivity contribution < 1.29 is 9.53 Å². The molecule has 114 valence electrons. The van der Waals surface area contributed by atoms with Crippen molar-refractivity contribution >= 4 is 17.4 Å². The number of ether oxygens (including phenoxy) is 1. The van der Waals surface area contributed by atoms with Crippen LogP contribution in [0.25, 0.3) is 11.1 Å². The van der Waals surface area contributed by atoms with Crippen LogP contribution in [0.3, 0.4) is 0 Å². The van der Waals surface area contributed by atoms with Crippen molar-refractivity contribution in [1.29, 1.82) is 0 Å². The molecule has 1 aliphatic heterocycles. The molecule has 0 aromatic heterocycles. The summed E-state index contributed by atoms with van der Waals surface area (Å²) in [5, 5.41) is 0.744. The molecule has 0 saturated heterocycles. The molecule has 3 heteroatoms. The predicted molar refractivity (Wildman–Crippen MR) is 90.1 cm³/mol. The molecule has 0 fully saturated rings. The topological polar surface area (TPSA) is 26.3 Å². The fourth-order valence-corrected chi connectivity index (χ4v) is 3.02. The quantitative estimate of drug-likeness (QED) is 0.709. The highest BCUT2D eigenvalue weighted by Crippen LogP contribution is 2.35. The summed E-state index contributed by atoms with van der Waals surface area (Å²) in [4.78, 5) is 12.0. The number of aryl methyl sites for hydroxylation is 2. The molecule has 2 nitrogen and oxygen atoms in total. The molecule has 1 heterocycles. The molecule has 0 atom stereocenters. The molecule has 0 aliphatic carbocycles. The largest absolute Gasteiger partial charge is 0.493 e. The van der Waals surface area contributed by atoms with Crippen molar-refractivity contribution in [2.45, 2.75) is 33.1 Å². The second kappa shape index (κ2) is 6.13. The van der Waals surface area contributed by atoms with Crippen molar-refractivity contribution in [3.8, 4) is 16.9 Å². The van der Waals surface area contributed by atoms with Crippen LogP contribution in [-0.2, 0) is 6.42 Å². The van der Waals surface area contributed by atoms with Gasteiger partial charge in [0.1, 0.15) is 5.75 Å². The first-order valence-electron chi connectivity index (χ1n) is 7.63. The summed E-state index contributed by atoms with van der Waals surface area (Å²) in [6.45, 7) is 4.26. The monoisotopic (exact) mass is 314 g/mol. The van der Waals surface area contributed by atoms with Crippen molar-refractivity contribution in [3.05, 3.63) is 52.0 Å². The highest BCUT2D eigenvalue weighted by molar-refractivity contribution is 6.31. The van der Waals surface area contributed by atoms with Crippen LogP contribution in [0.5, 0.6) is 5.75 Å². The van der Waals surface area contributed by atoms with Gasteiger partial charge < -0.3 is 4.74 Å². The Kier molecular flexibility index (Phi) is 4.21. The smallest absolute Gasteiger partial charge is 0.163 e. The van der Waals surface area contributed by atoms with Crippen LogP contribution in [0.15, 0.2) is 30.3 Å². The first-order valence-corrected chi connectivity index (χ1v) is 8.01. The molecule has 0 saturated carbocycles. The molecule has 0 radical (unpaired) electrons. The Balaban J connectivity index is 2.16. The molecule has 0 unspecified atom stereocenters. The lowest BCUT2D eigenvalue weighted by molar-refractivity contribution is 0.101. The van der Waals surface area contributed by atoms with Crippen molar-refractivity contribution in [3.63, 3.8) is 0 Å². The van der Waals surface area contributed by atoms with E-state index in [1.165, 1.54) is 0 Å². The maximum Gasteiger partial charge on any atom is 0.163 e. The van der Waals surface area contributed by atoms with E-state index in [0.717, 1.165) is 52.3 Å². The zero-order valence-electron chi connectivity index (χ0n) is 12.9. The number of ketones is 1. The highest BCUT2D eigenvalue weighted by Gasteiger charge is 2.18. The van der Waals surface area contributed by atoms with E-state index in [1.54, 1.807) is 6.92 Å². The number of Topliss-reactive ketones (excluding diaryl/α,β-unsaturated/α-hetero) is 1. The summed E-state index contributed by atoms with van der Waals surface area (Å²) in [6, 6.07) is 10.1. The van der Waals surface area contributed by atoms with Crippen LogP contribution in [-0.4, -0.2) is 12.4 Å². The van der Waals surface area contributed by atoms with Crippen molar-refractivity contribution in [2.24, 2.45) is 0 Å². The number of benzene rings is 2. The number of hydrogen-bond donors (Lipinski definition) is 0. The van der Waals surface area contributed by atoms with Crippen LogP contribution in [0, 0.1) is 6.92 Å². The molecule has 0 N–H and O–H groups in total. The van der Waals surface area contributed by atoms with Gasteiger partial charge in [0.2, 0.25) is 0 Å². The lowest BCUT2D eigenvalue weighted by Gasteiger charge is -2.14. The Hall–Kier alpha value is -1.80. The first-order chi connectivity index (χ1) is 10.6. The average Bonchev–Trinajstić information content (AvgIpc) is 2.74. The van der Waals surface area contributed by atoms with Gasteiger partial charge in [-0.2, -0.15) is 0 Å². The molecule has 22 heavy (non-hydrogen) atoms. The van der Waals surface area contributed by atoms with E-state index in [9.17, 15) is 4.79 Å². The SMILES string of the molecule is CC(=O)c1cc(-c2ccc(C)c(Cl)c2)cc2c1OCCCC2. The van der Waals surface area contributed by atoms with Crippen LogP contribution in [0.4, 0.5) is 0 Å². The second-order valence-corrected chi connectivity index (χ2v) is 6.24. The summed E-state index contributed by atoms with van der Waals surface area (Å²) in [5.74, 6) is 0.810. The van der Waals surface area contributed by atoms with E-state index in [0.29, 0.717) is 12.2 Å². The van der Waals surface area contributed by atoms with E-state index < -0.39 is 0 Å². The zero-order chi connectivity index (χ0) is 15.7. The first kappa shape index (κ1) is 15.1. The minimum absolute atomic E-state index is 0.0400. The van der Waals surface area contributed by atoms with Crippen LogP contribution in [0.2, 0.25) is 5.02 Å². The van der Waals surface area contributed by atoms with Gasteiger partial charge in [0.15, 0.2) is 5.78 Å². The number of rotatable bonds is 2. The standard InChI is InChI=1S/C19H19ClO2/c1-12-6-7-14(11-18(12)20)16-9-15-5-3-4-8-22-19(15)17(10-16)13(2)21/h6-7,9-11H,3-5,8H2,1-2H3. The third kappa shape index (κ3) is 2.89. The number of hydrogen-bond acceptors (Lipinski definition) is 2. The number of carbonyl (C=O) groups is 1. The van der Waals surface area contributed by atoms with Gasteiger partial charge in [0.05, 0.1) is 12.2 Å². The minimum atomic E-state index is 0.0400. The third-order valence-corrected chi connectivity index (χ3v) is 4.54. The van der Waals surface area contributed by atoms with E-state index in [-0.39, 0.29) is 5.78 Å². The predicted octanol–water partition coefficient (Wildman–Crippen LogP) is 5.23. The summed E-state index contributed by atoms with van der Waals surface area (Å²) < 4.78 is 5.83. The van der Waals surface area contributed by atoms with Gasteiger partial charge in [-0.3, -0.25) is 4.79 Å². The summed E-state index contributed by atoms with van der Waals surface area (Å²) in [7, 11) is 0. The lowest BCUT2D eigenvalue weighted by Crippen LogP contribution is -2.03. The Labute approximate surface area is 136 Å². The maximum absolute atomic E-state index is 12.0. The van der Waals surface area contributed by atoms with Gasteiger partial charge in [-0.05, 0) is 73.6 Å². The lowest BCUT2D eigenvalue weighted by atomic mass is 9.95. The van der Waals surface area contributed by atoms with Gasteiger partial charge in [0.25, 0.3) is 0 Å². The molecule has 2 aromatic rings. The average molecular weight is 315 g/mol. The second-order valence-electron chi connectivity index (χ2n) is 5.84. The molecule has 2 aromatic carbocycles. The third-order valence-electron chi connectivity index (χ3n) is 4.14. The van der Waals surface area contributed by atoms with Gasteiger partial charge >= 0.3 is 0 Å². The van der Waals surface area contributed by atoms with E-state index in [4.69, 9.17) is 16.3 Å². The molecular formula is C19H19ClO2. The molecular weight excluding hydrogens is 296 g/mol.